The van der Waals surface area contributed by atoms with Crippen molar-refractivity contribution in [2.24, 2.45) is 4.99 Å². The summed E-state index contributed by atoms with van der Waals surface area (Å²) >= 11 is 11.1. The molecule has 2 nitrogen and oxygen atoms in total. The largest absolute Gasteiger partial charge is 0.267 e. The quantitative estimate of drug-likeness (QED) is 0.567. The molecule has 0 radical (unpaired) electrons. The van der Waals surface area contributed by atoms with Crippen molar-refractivity contribution in [3.05, 3.63) is 27.7 Å². The second-order valence-electron chi connectivity index (χ2n) is 2.30. The highest BCUT2D eigenvalue weighted by atomic mass is 35.5. The molecule has 74 valence electrons. The Labute approximate surface area is 88.2 Å². The van der Waals surface area contributed by atoms with Gasteiger partial charge in [-0.15, -0.1) is 0 Å². The number of alkyl halides is 2. The summed E-state index contributed by atoms with van der Waals surface area (Å²) < 4.78 is 24.9. The molecule has 0 aliphatic rings. The SMILES string of the molecule is O=C=Nc1ccc(Cl)c(Cl)c1C(F)F. The summed E-state index contributed by atoms with van der Waals surface area (Å²) in [5, 5.41) is -0.301. The molecule has 0 heterocycles. The molecule has 0 amide bonds. The molecule has 0 unspecified atom stereocenters. The molecule has 1 aromatic rings. The number of aliphatic imine (C=N–C) groups is 1. The fourth-order valence-corrected chi connectivity index (χ4v) is 1.32. The zero-order valence-corrected chi connectivity index (χ0v) is 8.11. The monoisotopic (exact) mass is 237 g/mol. The predicted octanol–water partition coefficient (Wildman–Crippen LogP) is 3.90. The Kier molecular flexibility index (Phi) is 3.58. The van der Waals surface area contributed by atoms with Gasteiger partial charge in [-0.1, -0.05) is 23.2 Å². The second kappa shape index (κ2) is 4.51. The van der Waals surface area contributed by atoms with Crippen LogP contribution < -0.4 is 0 Å². The van der Waals surface area contributed by atoms with E-state index in [-0.39, 0.29) is 15.7 Å². The van der Waals surface area contributed by atoms with Crippen molar-refractivity contribution in [1.29, 1.82) is 0 Å². The van der Waals surface area contributed by atoms with Gasteiger partial charge in [0.1, 0.15) is 0 Å². The van der Waals surface area contributed by atoms with Crippen molar-refractivity contribution in [2.75, 3.05) is 0 Å². The van der Waals surface area contributed by atoms with Crippen LogP contribution in [-0.4, -0.2) is 6.08 Å². The van der Waals surface area contributed by atoms with Gasteiger partial charge in [-0.25, -0.2) is 13.6 Å². The van der Waals surface area contributed by atoms with Crippen molar-refractivity contribution < 1.29 is 13.6 Å². The fraction of sp³-hybridized carbons (Fsp3) is 0.125. The van der Waals surface area contributed by atoms with E-state index in [2.05, 4.69) is 4.99 Å². The Hall–Kier alpha value is -0.960. The highest BCUT2D eigenvalue weighted by Crippen LogP contribution is 2.39. The van der Waals surface area contributed by atoms with Gasteiger partial charge in [0.05, 0.1) is 21.3 Å². The molecule has 0 N–H and O–H groups in total. The minimum absolute atomic E-state index is 0.00758. The number of carbonyl (C=O) groups excluding carboxylic acids is 1. The average molecular weight is 238 g/mol. The van der Waals surface area contributed by atoms with Gasteiger partial charge in [0.2, 0.25) is 6.08 Å². The lowest BCUT2D eigenvalue weighted by Gasteiger charge is -2.06. The molecule has 0 aromatic heterocycles. The zero-order valence-electron chi connectivity index (χ0n) is 6.60. The van der Waals surface area contributed by atoms with E-state index in [9.17, 15) is 13.6 Å². The fourth-order valence-electron chi connectivity index (χ4n) is 0.910. The van der Waals surface area contributed by atoms with Gasteiger partial charge < -0.3 is 0 Å². The van der Waals surface area contributed by atoms with Crippen molar-refractivity contribution >= 4 is 35.0 Å². The van der Waals surface area contributed by atoms with E-state index in [0.29, 0.717) is 0 Å². The first kappa shape index (κ1) is 11.1. The highest BCUT2D eigenvalue weighted by Gasteiger charge is 2.19. The van der Waals surface area contributed by atoms with Crippen LogP contribution in [0.2, 0.25) is 10.0 Å². The second-order valence-corrected chi connectivity index (χ2v) is 3.08. The van der Waals surface area contributed by atoms with Crippen LogP contribution in [0, 0.1) is 0 Å². The topological polar surface area (TPSA) is 29.4 Å². The van der Waals surface area contributed by atoms with Crippen molar-refractivity contribution in [1.82, 2.24) is 0 Å². The van der Waals surface area contributed by atoms with Gasteiger partial charge in [-0.3, -0.25) is 0 Å². The summed E-state index contributed by atoms with van der Waals surface area (Å²) in [6.45, 7) is 0. The normalized spacial score (nSPS) is 10.1. The standard InChI is InChI=1S/C8H3Cl2F2NO/c9-4-1-2-5(13-3-14)6(7(4)10)8(11)12/h1-2,8H. The molecule has 0 spiro atoms. The number of hydrogen-bond acceptors (Lipinski definition) is 2. The van der Waals surface area contributed by atoms with E-state index in [4.69, 9.17) is 23.2 Å². The molecule has 0 aliphatic carbocycles. The molecule has 6 heteroatoms. The predicted molar refractivity (Wildman–Crippen MR) is 49.2 cm³/mol. The molecule has 0 saturated carbocycles. The summed E-state index contributed by atoms with van der Waals surface area (Å²) in [4.78, 5) is 13.0. The number of isocyanates is 1. The van der Waals surface area contributed by atoms with Crippen molar-refractivity contribution in [3.8, 4) is 0 Å². The van der Waals surface area contributed by atoms with Crippen LogP contribution >= 0.6 is 23.2 Å². The molecule has 1 rings (SSSR count). The first-order valence-corrected chi connectivity index (χ1v) is 4.17. The Morgan fingerprint density at radius 3 is 2.50 bits per heavy atom. The van der Waals surface area contributed by atoms with Gasteiger partial charge in [0, 0.05) is 0 Å². The van der Waals surface area contributed by atoms with E-state index in [1.807, 2.05) is 0 Å². The molecule has 14 heavy (non-hydrogen) atoms. The first-order chi connectivity index (χ1) is 6.57. The maximum atomic E-state index is 12.5. The zero-order chi connectivity index (χ0) is 10.7. The molecule has 1 aromatic carbocycles. The molecular weight excluding hydrogens is 235 g/mol. The van der Waals surface area contributed by atoms with Crippen LogP contribution in [-0.2, 0) is 4.79 Å². The van der Waals surface area contributed by atoms with Crippen molar-refractivity contribution in [2.45, 2.75) is 6.43 Å². The molecular formula is C8H3Cl2F2NO. The van der Waals surface area contributed by atoms with Gasteiger partial charge in [-0.2, -0.15) is 4.99 Å². The maximum absolute atomic E-state index is 12.5. The van der Waals surface area contributed by atoms with E-state index in [0.717, 1.165) is 0 Å². The number of hydrogen-bond donors (Lipinski definition) is 0. The van der Waals surface area contributed by atoms with Gasteiger partial charge in [0.25, 0.3) is 6.43 Å². The third-order valence-electron chi connectivity index (χ3n) is 1.49. The number of benzene rings is 1. The minimum Gasteiger partial charge on any atom is -0.211 e. The van der Waals surface area contributed by atoms with Crippen molar-refractivity contribution in [3.63, 3.8) is 0 Å². The average Bonchev–Trinajstić information content (AvgIpc) is 2.11. The van der Waals surface area contributed by atoms with E-state index in [1.165, 1.54) is 18.2 Å². The van der Waals surface area contributed by atoms with Crippen LogP contribution in [0.3, 0.4) is 0 Å². The Morgan fingerprint density at radius 1 is 1.36 bits per heavy atom. The van der Waals surface area contributed by atoms with E-state index in [1.54, 1.807) is 0 Å². The van der Waals surface area contributed by atoms with E-state index < -0.39 is 12.0 Å². The van der Waals surface area contributed by atoms with Crippen LogP contribution in [0.1, 0.15) is 12.0 Å². The molecule has 0 bridgehead atoms. The Morgan fingerprint density at radius 2 is 2.00 bits per heavy atom. The van der Waals surface area contributed by atoms with Gasteiger partial charge in [-0.05, 0) is 12.1 Å². The molecule has 0 atom stereocenters. The van der Waals surface area contributed by atoms with Crippen LogP contribution in [0.15, 0.2) is 17.1 Å². The minimum atomic E-state index is -2.84. The third kappa shape index (κ3) is 2.10. The number of rotatable bonds is 2. The highest BCUT2D eigenvalue weighted by molar-refractivity contribution is 6.42. The Bertz CT molecular complexity index is 403. The van der Waals surface area contributed by atoms with Crippen LogP contribution in [0.4, 0.5) is 14.5 Å². The number of nitrogens with zero attached hydrogens (tertiary/aromatic N) is 1. The number of halogens is 4. The third-order valence-corrected chi connectivity index (χ3v) is 2.31. The van der Waals surface area contributed by atoms with Crippen LogP contribution in [0.25, 0.3) is 0 Å². The molecule has 0 aliphatic heterocycles. The lowest BCUT2D eigenvalue weighted by atomic mass is 10.2. The summed E-state index contributed by atoms with van der Waals surface area (Å²) in [6, 6.07) is 2.46. The van der Waals surface area contributed by atoms with Crippen LogP contribution in [0.5, 0.6) is 0 Å². The summed E-state index contributed by atoms with van der Waals surface area (Å²) in [6.07, 6.45) is -1.67. The molecule has 0 saturated heterocycles. The lowest BCUT2D eigenvalue weighted by molar-refractivity contribution is 0.152. The maximum Gasteiger partial charge on any atom is 0.267 e. The van der Waals surface area contributed by atoms with E-state index >= 15 is 0 Å². The smallest absolute Gasteiger partial charge is 0.211 e. The first-order valence-electron chi connectivity index (χ1n) is 3.42. The summed E-state index contributed by atoms with van der Waals surface area (Å²) in [5.74, 6) is 0. The summed E-state index contributed by atoms with van der Waals surface area (Å²) in [7, 11) is 0. The lowest BCUT2D eigenvalue weighted by Crippen LogP contribution is -1.87. The summed E-state index contributed by atoms with van der Waals surface area (Å²) in [5.41, 5.74) is -0.771. The van der Waals surface area contributed by atoms with Gasteiger partial charge >= 0.3 is 0 Å². The Balaban J connectivity index is 3.44. The molecule has 0 fully saturated rings. The van der Waals surface area contributed by atoms with Gasteiger partial charge in [0.15, 0.2) is 0 Å².